The number of fused-ring (bicyclic) bond motifs is 3. The Labute approximate surface area is 183 Å². The van der Waals surface area contributed by atoms with Crippen LogP contribution in [0.15, 0.2) is 25.3 Å². The van der Waals surface area contributed by atoms with Crippen molar-refractivity contribution in [2.24, 2.45) is 0 Å². The summed E-state index contributed by atoms with van der Waals surface area (Å²) in [6, 6.07) is 4.71. The topological polar surface area (TPSA) is 0 Å². The number of halogens is 2. The maximum atomic E-state index is 3.73. The van der Waals surface area contributed by atoms with Crippen LogP contribution in [-0.2, 0) is 0 Å². The summed E-state index contributed by atoms with van der Waals surface area (Å²) in [6.45, 7) is 4.59. The fraction of sp³-hybridized carbons (Fsp3) is 0.545. The van der Waals surface area contributed by atoms with Gasteiger partial charge in [0.05, 0.1) is 17.3 Å². The fourth-order valence-electron chi connectivity index (χ4n) is 3.86. The van der Waals surface area contributed by atoms with Gasteiger partial charge in [0.15, 0.2) is 0 Å². The number of allylic oxidation sites excluding steroid dienone is 1. The van der Waals surface area contributed by atoms with Crippen molar-refractivity contribution in [1.29, 1.82) is 0 Å². The molecule has 0 unspecified atom stereocenters. The summed E-state index contributed by atoms with van der Waals surface area (Å²) in [6.07, 6.45) is 13.3. The minimum Gasteiger partial charge on any atom is -0.127 e. The van der Waals surface area contributed by atoms with E-state index in [-0.39, 0.29) is 0 Å². The molecule has 0 aromatic carbocycles. The fourth-order valence-corrected chi connectivity index (χ4v) is 7.23. The van der Waals surface area contributed by atoms with Gasteiger partial charge in [-0.1, -0.05) is 57.9 Å². The lowest BCUT2D eigenvalue weighted by molar-refractivity contribution is 0.626. The maximum absolute atomic E-state index is 3.73. The molecule has 0 nitrogen and oxygen atoms in total. The summed E-state index contributed by atoms with van der Waals surface area (Å²) in [4.78, 5) is 2.94. The largest absolute Gasteiger partial charge is 0.127 e. The van der Waals surface area contributed by atoms with Crippen molar-refractivity contribution in [1.82, 2.24) is 0 Å². The molecule has 0 fully saturated rings. The molecular formula is C22H28Br2S2. The van der Waals surface area contributed by atoms with Gasteiger partial charge in [0, 0.05) is 11.1 Å². The highest BCUT2D eigenvalue weighted by Crippen LogP contribution is 2.55. The van der Waals surface area contributed by atoms with Crippen molar-refractivity contribution in [3.63, 3.8) is 0 Å². The van der Waals surface area contributed by atoms with Crippen LogP contribution in [0.1, 0.15) is 89.2 Å². The third-order valence-corrected chi connectivity index (χ3v) is 8.61. The lowest BCUT2D eigenvalue weighted by Crippen LogP contribution is -1.93. The molecule has 0 amide bonds. The van der Waals surface area contributed by atoms with Crippen molar-refractivity contribution in [2.45, 2.75) is 78.1 Å². The zero-order valence-corrected chi connectivity index (χ0v) is 20.6. The molecule has 0 saturated carbocycles. The van der Waals surface area contributed by atoms with Crippen LogP contribution in [-0.4, -0.2) is 0 Å². The Kier molecular flexibility index (Phi) is 8.04. The van der Waals surface area contributed by atoms with Gasteiger partial charge in [-0.2, -0.15) is 0 Å². The van der Waals surface area contributed by atoms with Crippen LogP contribution in [0.3, 0.4) is 0 Å². The second kappa shape index (κ2) is 10.0. The normalized spacial score (nSPS) is 12.5. The molecule has 0 spiro atoms. The number of rotatable bonds is 10. The summed E-state index contributed by atoms with van der Waals surface area (Å²) in [7, 11) is 0. The lowest BCUT2D eigenvalue weighted by atomic mass is 9.91. The van der Waals surface area contributed by atoms with Crippen LogP contribution < -0.4 is 0 Å². The van der Waals surface area contributed by atoms with Gasteiger partial charge in [0.2, 0.25) is 0 Å². The highest BCUT2D eigenvalue weighted by molar-refractivity contribution is 9.11. The molecule has 142 valence electrons. The highest BCUT2D eigenvalue weighted by Gasteiger charge is 2.30. The second-order valence-corrected chi connectivity index (χ2v) is 12.0. The van der Waals surface area contributed by atoms with E-state index in [1.165, 1.54) is 92.7 Å². The Bertz CT molecular complexity index is 705. The van der Waals surface area contributed by atoms with E-state index in [1.54, 1.807) is 11.1 Å². The zero-order chi connectivity index (χ0) is 18.5. The minimum atomic E-state index is 1.26. The van der Waals surface area contributed by atoms with Gasteiger partial charge in [0.1, 0.15) is 0 Å². The van der Waals surface area contributed by atoms with E-state index < -0.39 is 0 Å². The summed E-state index contributed by atoms with van der Waals surface area (Å²) in [5.41, 5.74) is 6.23. The summed E-state index contributed by atoms with van der Waals surface area (Å²) >= 11 is 11.2. The van der Waals surface area contributed by atoms with E-state index in [2.05, 4.69) is 57.8 Å². The molecule has 0 saturated heterocycles. The highest BCUT2D eigenvalue weighted by atomic mass is 79.9. The van der Waals surface area contributed by atoms with E-state index in [4.69, 9.17) is 0 Å². The molecular weight excluding hydrogens is 488 g/mol. The summed E-state index contributed by atoms with van der Waals surface area (Å²) < 4.78 is 2.51. The van der Waals surface area contributed by atoms with Crippen molar-refractivity contribution in [3.8, 4) is 9.75 Å². The molecule has 3 rings (SSSR count). The van der Waals surface area contributed by atoms with Crippen molar-refractivity contribution >= 4 is 60.1 Å². The number of unbranched alkanes of at least 4 members (excludes halogenated alkanes) is 6. The molecule has 1 aliphatic rings. The Morgan fingerprint density at radius 3 is 1.62 bits per heavy atom. The molecule has 0 aliphatic heterocycles. The van der Waals surface area contributed by atoms with Crippen molar-refractivity contribution in [3.05, 3.63) is 36.4 Å². The first-order chi connectivity index (χ1) is 12.7. The van der Waals surface area contributed by atoms with E-state index in [1.807, 2.05) is 22.7 Å². The second-order valence-electron chi connectivity index (χ2n) is 7.19. The first-order valence-corrected chi connectivity index (χ1v) is 13.2. The smallest absolute Gasteiger partial charge is 0.0711 e. The van der Waals surface area contributed by atoms with Gasteiger partial charge in [0.25, 0.3) is 0 Å². The Hall–Kier alpha value is 0.1000. The molecule has 0 bridgehead atoms. The SMILES string of the molecule is CCCCCCC(CCCCCC)=C1c2cc(Br)sc2-c2sc(Br)cc21. The van der Waals surface area contributed by atoms with Gasteiger partial charge in [-0.3, -0.25) is 0 Å². The van der Waals surface area contributed by atoms with Crippen LogP contribution in [0.4, 0.5) is 0 Å². The van der Waals surface area contributed by atoms with Crippen molar-refractivity contribution in [2.75, 3.05) is 0 Å². The third kappa shape index (κ3) is 4.74. The van der Waals surface area contributed by atoms with Crippen LogP contribution in [0.2, 0.25) is 0 Å². The number of thiophene rings is 2. The van der Waals surface area contributed by atoms with E-state index in [0.717, 1.165) is 0 Å². The van der Waals surface area contributed by atoms with Crippen LogP contribution >= 0.6 is 54.5 Å². The van der Waals surface area contributed by atoms with Gasteiger partial charge in [-0.05, 0) is 75.2 Å². The van der Waals surface area contributed by atoms with Crippen LogP contribution in [0, 0.1) is 0 Å². The quantitative estimate of drug-likeness (QED) is 0.235. The molecule has 2 aromatic rings. The zero-order valence-electron chi connectivity index (χ0n) is 15.8. The first kappa shape index (κ1) is 20.8. The standard InChI is InChI=1S/C22H28Br2S2/c1-3-5-7-9-11-15(12-10-8-6-4-2)20-16-13-18(23)25-21(16)22-17(20)14-19(24)26-22/h13-14H,3-12H2,1-2H3. The minimum absolute atomic E-state index is 1.26. The molecule has 0 N–H and O–H groups in total. The summed E-state index contributed by atoms with van der Waals surface area (Å²) in [5, 5.41) is 0. The maximum Gasteiger partial charge on any atom is 0.0711 e. The van der Waals surface area contributed by atoms with Gasteiger partial charge >= 0.3 is 0 Å². The predicted octanol–water partition coefficient (Wildman–Crippen LogP) is 10.1. The van der Waals surface area contributed by atoms with E-state index >= 15 is 0 Å². The van der Waals surface area contributed by atoms with E-state index in [9.17, 15) is 0 Å². The predicted molar refractivity (Wildman–Crippen MR) is 127 cm³/mol. The summed E-state index contributed by atoms with van der Waals surface area (Å²) in [5.74, 6) is 0. The molecule has 26 heavy (non-hydrogen) atoms. The van der Waals surface area contributed by atoms with Gasteiger partial charge in [-0.25, -0.2) is 0 Å². The number of hydrogen-bond donors (Lipinski definition) is 0. The molecule has 0 radical (unpaired) electrons. The molecule has 4 heteroatoms. The van der Waals surface area contributed by atoms with Crippen molar-refractivity contribution < 1.29 is 0 Å². The third-order valence-electron chi connectivity index (χ3n) is 5.17. The van der Waals surface area contributed by atoms with Gasteiger partial charge < -0.3 is 0 Å². The first-order valence-electron chi connectivity index (χ1n) is 9.97. The molecule has 2 aromatic heterocycles. The van der Waals surface area contributed by atoms with Crippen LogP contribution in [0.5, 0.6) is 0 Å². The lowest BCUT2D eigenvalue weighted by Gasteiger charge is -2.13. The Morgan fingerprint density at radius 1 is 0.731 bits per heavy atom. The average Bonchev–Trinajstić information content (AvgIpc) is 3.24. The van der Waals surface area contributed by atoms with Gasteiger partial charge in [-0.15, -0.1) is 22.7 Å². The molecule has 1 aliphatic carbocycles. The Morgan fingerprint density at radius 2 is 1.19 bits per heavy atom. The van der Waals surface area contributed by atoms with E-state index in [0.29, 0.717) is 0 Å². The average molecular weight is 516 g/mol. The molecule has 0 atom stereocenters. The number of hydrogen-bond acceptors (Lipinski definition) is 2. The molecule has 2 heterocycles. The Balaban J connectivity index is 1.93. The monoisotopic (exact) mass is 514 g/mol. The van der Waals surface area contributed by atoms with Crippen LogP contribution in [0.25, 0.3) is 15.3 Å².